The smallest absolute Gasteiger partial charge is 0.272 e. The Morgan fingerprint density at radius 1 is 1.07 bits per heavy atom. The number of carbonyl (C=O) groups excluding carboxylic acids is 1. The van der Waals surface area contributed by atoms with E-state index < -0.39 is 0 Å². The fourth-order valence-corrected chi connectivity index (χ4v) is 4.26. The van der Waals surface area contributed by atoms with Crippen LogP contribution in [0.1, 0.15) is 35.8 Å². The van der Waals surface area contributed by atoms with Crippen molar-refractivity contribution in [2.24, 2.45) is 0 Å². The minimum atomic E-state index is -0.241. The van der Waals surface area contributed by atoms with Crippen molar-refractivity contribution < 1.29 is 4.79 Å². The number of H-pyrrole nitrogens is 2. The van der Waals surface area contributed by atoms with E-state index in [1.54, 1.807) is 12.1 Å². The summed E-state index contributed by atoms with van der Waals surface area (Å²) in [5.41, 5.74) is 3.87. The predicted octanol–water partition coefficient (Wildman–Crippen LogP) is 3.14. The SMILES string of the molecule is O=C(Cc1n[nH]c(=O)c2ccccc12)N[C@H]1CCCc2c1[nH]c1ccccc21. The molecule has 0 bridgehead atoms. The quantitative estimate of drug-likeness (QED) is 0.516. The van der Waals surface area contributed by atoms with E-state index in [9.17, 15) is 9.59 Å². The van der Waals surface area contributed by atoms with Crippen LogP contribution in [0.2, 0.25) is 0 Å². The average Bonchev–Trinajstić information content (AvgIpc) is 3.10. The van der Waals surface area contributed by atoms with E-state index >= 15 is 0 Å². The summed E-state index contributed by atoms with van der Waals surface area (Å²) < 4.78 is 0. The molecule has 0 radical (unpaired) electrons. The van der Waals surface area contributed by atoms with Gasteiger partial charge in [0.15, 0.2) is 0 Å². The molecule has 0 unspecified atom stereocenters. The van der Waals surface area contributed by atoms with Crippen molar-refractivity contribution >= 4 is 27.6 Å². The molecule has 0 saturated heterocycles. The highest BCUT2D eigenvalue weighted by atomic mass is 16.1. The molecule has 28 heavy (non-hydrogen) atoms. The van der Waals surface area contributed by atoms with E-state index in [1.165, 1.54) is 10.9 Å². The van der Waals surface area contributed by atoms with Crippen molar-refractivity contribution in [3.8, 4) is 0 Å². The number of aromatic amines is 2. The number of aryl methyl sites for hydroxylation is 1. The van der Waals surface area contributed by atoms with Crippen molar-refractivity contribution in [3.05, 3.63) is 75.8 Å². The Kier molecular flexibility index (Phi) is 3.97. The lowest BCUT2D eigenvalue weighted by Gasteiger charge is -2.24. The molecule has 0 fully saturated rings. The van der Waals surface area contributed by atoms with Gasteiger partial charge in [0, 0.05) is 22.0 Å². The Bertz CT molecular complexity index is 1250. The number of hydrogen-bond acceptors (Lipinski definition) is 3. The largest absolute Gasteiger partial charge is 0.356 e. The van der Waals surface area contributed by atoms with Gasteiger partial charge in [-0.3, -0.25) is 9.59 Å². The molecule has 1 amide bonds. The monoisotopic (exact) mass is 372 g/mol. The van der Waals surface area contributed by atoms with Crippen LogP contribution in [-0.2, 0) is 17.6 Å². The van der Waals surface area contributed by atoms with Gasteiger partial charge >= 0.3 is 0 Å². The summed E-state index contributed by atoms with van der Waals surface area (Å²) in [6, 6.07) is 15.5. The van der Waals surface area contributed by atoms with Crippen LogP contribution in [0.5, 0.6) is 0 Å². The number of nitrogens with one attached hydrogen (secondary N) is 3. The summed E-state index contributed by atoms with van der Waals surface area (Å²) in [5, 5.41) is 12.3. The second-order valence-corrected chi connectivity index (χ2v) is 7.30. The number of hydrogen-bond donors (Lipinski definition) is 3. The van der Waals surface area contributed by atoms with Crippen LogP contribution in [0.15, 0.2) is 53.3 Å². The van der Waals surface area contributed by atoms with Gasteiger partial charge in [-0.15, -0.1) is 0 Å². The number of fused-ring (bicyclic) bond motifs is 4. The zero-order chi connectivity index (χ0) is 19.1. The molecule has 6 heteroatoms. The minimum Gasteiger partial charge on any atom is -0.356 e. The Balaban J connectivity index is 1.42. The normalized spacial score (nSPS) is 16.2. The van der Waals surface area contributed by atoms with Crippen LogP contribution >= 0.6 is 0 Å². The van der Waals surface area contributed by atoms with Gasteiger partial charge in [-0.25, -0.2) is 5.10 Å². The topological polar surface area (TPSA) is 90.6 Å². The minimum absolute atomic E-state index is 0.0299. The van der Waals surface area contributed by atoms with E-state index in [0.29, 0.717) is 11.1 Å². The first kappa shape index (κ1) is 16.7. The van der Waals surface area contributed by atoms with Crippen molar-refractivity contribution in [3.63, 3.8) is 0 Å². The molecule has 0 saturated carbocycles. The fraction of sp³-hybridized carbons (Fsp3) is 0.227. The van der Waals surface area contributed by atoms with Crippen molar-refractivity contribution in [1.82, 2.24) is 20.5 Å². The third kappa shape index (κ3) is 2.78. The van der Waals surface area contributed by atoms with E-state index in [2.05, 4.69) is 32.6 Å². The van der Waals surface area contributed by atoms with Gasteiger partial charge in [0.05, 0.1) is 23.5 Å². The van der Waals surface area contributed by atoms with Gasteiger partial charge < -0.3 is 10.3 Å². The Hall–Kier alpha value is -3.41. The summed E-state index contributed by atoms with van der Waals surface area (Å²) in [6.45, 7) is 0. The van der Waals surface area contributed by atoms with Crippen LogP contribution < -0.4 is 10.9 Å². The molecule has 4 aromatic rings. The lowest BCUT2D eigenvalue weighted by molar-refractivity contribution is -0.121. The van der Waals surface area contributed by atoms with Gasteiger partial charge in [0.1, 0.15) is 0 Å². The van der Waals surface area contributed by atoms with Crippen molar-refractivity contribution in [2.75, 3.05) is 0 Å². The average molecular weight is 372 g/mol. The van der Waals surface area contributed by atoms with E-state index in [1.807, 2.05) is 24.3 Å². The third-order valence-corrected chi connectivity index (χ3v) is 5.55. The van der Waals surface area contributed by atoms with E-state index in [-0.39, 0.29) is 23.9 Å². The third-order valence-electron chi connectivity index (χ3n) is 5.55. The van der Waals surface area contributed by atoms with Crippen LogP contribution in [0.4, 0.5) is 0 Å². The van der Waals surface area contributed by atoms with E-state index in [4.69, 9.17) is 0 Å². The van der Waals surface area contributed by atoms with Gasteiger partial charge in [-0.1, -0.05) is 36.4 Å². The summed E-state index contributed by atoms with van der Waals surface area (Å²) in [4.78, 5) is 28.2. The number of benzene rings is 2. The molecule has 3 N–H and O–H groups in total. The van der Waals surface area contributed by atoms with E-state index in [0.717, 1.165) is 35.9 Å². The molecular weight excluding hydrogens is 352 g/mol. The molecule has 5 rings (SSSR count). The maximum atomic E-state index is 12.8. The van der Waals surface area contributed by atoms with Crippen LogP contribution in [0.25, 0.3) is 21.7 Å². The summed E-state index contributed by atoms with van der Waals surface area (Å²) >= 11 is 0. The Labute approximate surface area is 161 Å². The molecule has 2 aromatic carbocycles. The van der Waals surface area contributed by atoms with Crippen molar-refractivity contribution in [2.45, 2.75) is 31.7 Å². The van der Waals surface area contributed by atoms with Gasteiger partial charge in [-0.05, 0) is 37.0 Å². The first-order chi connectivity index (χ1) is 13.7. The maximum absolute atomic E-state index is 12.8. The first-order valence-corrected chi connectivity index (χ1v) is 9.56. The molecule has 1 aliphatic carbocycles. The molecule has 1 atom stereocenters. The highest BCUT2D eigenvalue weighted by molar-refractivity contribution is 5.89. The number of amides is 1. The Morgan fingerprint density at radius 2 is 1.82 bits per heavy atom. The first-order valence-electron chi connectivity index (χ1n) is 9.56. The lowest BCUT2D eigenvalue weighted by atomic mass is 9.91. The molecule has 2 heterocycles. The molecule has 0 spiro atoms. The van der Waals surface area contributed by atoms with Crippen molar-refractivity contribution in [1.29, 1.82) is 0 Å². The molecule has 6 nitrogen and oxygen atoms in total. The van der Waals surface area contributed by atoms with Crippen LogP contribution in [0.3, 0.4) is 0 Å². The maximum Gasteiger partial charge on any atom is 0.272 e. The number of rotatable bonds is 3. The van der Waals surface area contributed by atoms with Gasteiger partial charge in [0.2, 0.25) is 5.91 Å². The molecule has 140 valence electrons. The lowest BCUT2D eigenvalue weighted by Crippen LogP contribution is -2.32. The highest BCUT2D eigenvalue weighted by Gasteiger charge is 2.25. The zero-order valence-corrected chi connectivity index (χ0v) is 15.3. The van der Waals surface area contributed by atoms with Crippen LogP contribution in [-0.4, -0.2) is 21.1 Å². The number of carbonyl (C=O) groups is 1. The molecule has 1 aliphatic rings. The van der Waals surface area contributed by atoms with Crippen LogP contribution in [0, 0.1) is 0 Å². The number of aromatic nitrogens is 3. The highest BCUT2D eigenvalue weighted by Crippen LogP contribution is 2.34. The summed E-state index contributed by atoms with van der Waals surface area (Å²) in [5.74, 6) is -0.0961. The van der Waals surface area contributed by atoms with Gasteiger partial charge in [0.25, 0.3) is 5.56 Å². The summed E-state index contributed by atoms with van der Waals surface area (Å²) in [7, 11) is 0. The molecular formula is C22H20N4O2. The standard InChI is InChI=1S/C22H20N4O2/c27-20(12-19-14-7-1-2-8-16(14)22(28)26-25-19)23-18-11-5-9-15-13-6-3-4-10-17(13)24-21(15)18/h1-4,6-8,10,18,24H,5,9,11-12H2,(H,23,27)(H,26,28)/t18-/m0/s1. The second-order valence-electron chi connectivity index (χ2n) is 7.30. The fourth-order valence-electron chi connectivity index (χ4n) is 4.26. The number of nitrogens with zero attached hydrogens (tertiary/aromatic N) is 1. The molecule has 2 aromatic heterocycles. The predicted molar refractivity (Wildman–Crippen MR) is 108 cm³/mol. The second kappa shape index (κ2) is 6.64. The Morgan fingerprint density at radius 3 is 2.68 bits per heavy atom. The van der Waals surface area contributed by atoms with Gasteiger partial charge in [-0.2, -0.15) is 5.10 Å². The number of para-hydroxylation sites is 1. The molecule has 0 aliphatic heterocycles. The summed E-state index contributed by atoms with van der Waals surface area (Å²) in [6.07, 6.45) is 3.10. The zero-order valence-electron chi connectivity index (χ0n) is 15.3.